The van der Waals surface area contributed by atoms with Gasteiger partial charge in [-0.05, 0) is 17.7 Å². The molecule has 98 valence electrons. The number of benzene rings is 1. The van der Waals surface area contributed by atoms with Crippen molar-refractivity contribution in [3.05, 3.63) is 62.8 Å². The maximum atomic E-state index is 11.6. The molecule has 2 N–H and O–H groups in total. The van der Waals surface area contributed by atoms with Gasteiger partial charge in [0.05, 0.1) is 6.42 Å². The zero-order chi connectivity index (χ0) is 13.8. The van der Waals surface area contributed by atoms with Gasteiger partial charge in [0.25, 0.3) is 5.56 Å². The molecule has 0 fully saturated rings. The van der Waals surface area contributed by atoms with Crippen LogP contribution < -0.4 is 5.56 Å². The molecule has 1 aromatic carbocycles. The van der Waals surface area contributed by atoms with Gasteiger partial charge in [0.2, 0.25) is 0 Å². The first-order chi connectivity index (χ1) is 9.04. The number of carboxylic acid groups (broad SMARTS) is 1. The van der Waals surface area contributed by atoms with E-state index >= 15 is 0 Å². The van der Waals surface area contributed by atoms with Gasteiger partial charge >= 0.3 is 5.97 Å². The van der Waals surface area contributed by atoms with Crippen LogP contribution in [0.5, 0.6) is 0 Å². The van der Waals surface area contributed by atoms with Crippen molar-refractivity contribution in [2.45, 2.75) is 12.8 Å². The molecule has 0 aliphatic carbocycles. The summed E-state index contributed by atoms with van der Waals surface area (Å²) in [7, 11) is 0. The van der Waals surface area contributed by atoms with Crippen LogP contribution in [-0.4, -0.2) is 21.0 Å². The molecule has 0 aliphatic heterocycles. The summed E-state index contributed by atoms with van der Waals surface area (Å²) in [5, 5.41) is 9.27. The van der Waals surface area contributed by atoms with Gasteiger partial charge in [0.1, 0.15) is 5.82 Å². The number of aliphatic carboxylic acids is 1. The Bertz CT molecular complexity index is 650. The Balaban J connectivity index is 2.18. The molecule has 6 heteroatoms. The lowest BCUT2D eigenvalue weighted by molar-refractivity contribution is -0.136. The number of hydrogen-bond donors (Lipinski definition) is 2. The maximum absolute atomic E-state index is 11.6. The van der Waals surface area contributed by atoms with Crippen LogP contribution in [0.1, 0.15) is 17.0 Å². The van der Waals surface area contributed by atoms with Crippen LogP contribution in [0, 0.1) is 0 Å². The van der Waals surface area contributed by atoms with Crippen LogP contribution in [0.15, 0.2) is 35.3 Å². The van der Waals surface area contributed by atoms with E-state index in [2.05, 4.69) is 9.97 Å². The Morgan fingerprint density at radius 1 is 1.32 bits per heavy atom. The minimum absolute atomic E-state index is 0.146. The van der Waals surface area contributed by atoms with Crippen molar-refractivity contribution in [2.75, 3.05) is 0 Å². The number of carboxylic acids is 1. The number of nitrogens with one attached hydrogen (secondary N) is 1. The van der Waals surface area contributed by atoms with Gasteiger partial charge in [-0.3, -0.25) is 9.59 Å². The third-order valence-electron chi connectivity index (χ3n) is 2.55. The van der Waals surface area contributed by atoms with Crippen molar-refractivity contribution < 1.29 is 9.90 Å². The van der Waals surface area contributed by atoms with E-state index in [-0.39, 0.29) is 12.0 Å². The summed E-state index contributed by atoms with van der Waals surface area (Å²) in [6, 6.07) is 7.20. The maximum Gasteiger partial charge on any atom is 0.308 e. The largest absolute Gasteiger partial charge is 0.481 e. The molecule has 2 rings (SSSR count). The average Bonchev–Trinajstić information content (AvgIpc) is 2.35. The van der Waals surface area contributed by atoms with Crippen LogP contribution in [0.4, 0.5) is 0 Å². The van der Waals surface area contributed by atoms with Crippen molar-refractivity contribution in [1.82, 2.24) is 9.97 Å². The third kappa shape index (κ3) is 3.66. The van der Waals surface area contributed by atoms with E-state index in [0.717, 1.165) is 5.56 Å². The SMILES string of the molecule is O=C(O)Cc1cnc(Cc2ccc(Cl)cc2)[nH]c1=O. The molecule has 0 amide bonds. The molecule has 0 unspecified atom stereocenters. The van der Waals surface area contributed by atoms with Crippen LogP contribution >= 0.6 is 11.6 Å². The first-order valence-electron chi connectivity index (χ1n) is 5.58. The second kappa shape index (κ2) is 5.67. The molecule has 1 heterocycles. The normalized spacial score (nSPS) is 10.4. The summed E-state index contributed by atoms with van der Waals surface area (Å²) in [4.78, 5) is 28.8. The number of H-pyrrole nitrogens is 1. The first kappa shape index (κ1) is 13.3. The molecular weight excluding hydrogens is 268 g/mol. The predicted molar refractivity (Wildman–Crippen MR) is 70.5 cm³/mol. The van der Waals surface area contributed by atoms with Gasteiger partial charge < -0.3 is 10.1 Å². The van der Waals surface area contributed by atoms with Crippen molar-refractivity contribution >= 4 is 17.6 Å². The molecular formula is C13H11ClN2O3. The first-order valence-corrected chi connectivity index (χ1v) is 5.95. The molecule has 0 spiro atoms. The summed E-state index contributed by atoms with van der Waals surface area (Å²) in [6.07, 6.45) is 1.43. The lowest BCUT2D eigenvalue weighted by Gasteiger charge is -2.02. The van der Waals surface area contributed by atoms with Gasteiger partial charge in [-0.25, -0.2) is 4.98 Å². The van der Waals surface area contributed by atoms with Crippen LogP contribution in [0.3, 0.4) is 0 Å². The smallest absolute Gasteiger partial charge is 0.308 e. The van der Waals surface area contributed by atoms with Gasteiger partial charge in [0, 0.05) is 23.2 Å². The number of nitrogens with zero attached hydrogens (tertiary/aromatic N) is 1. The number of hydrogen-bond acceptors (Lipinski definition) is 3. The van der Waals surface area contributed by atoms with E-state index in [1.165, 1.54) is 6.20 Å². The Labute approximate surface area is 113 Å². The van der Waals surface area contributed by atoms with Crippen molar-refractivity contribution in [3.8, 4) is 0 Å². The number of rotatable bonds is 4. The summed E-state index contributed by atoms with van der Waals surface area (Å²) in [5.41, 5.74) is 0.687. The highest BCUT2D eigenvalue weighted by Gasteiger charge is 2.07. The predicted octanol–water partition coefficient (Wildman–Crippen LogP) is 1.64. The fraction of sp³-hybridized carbons (Fsp3) is 0.154. The minimum atomic E-state index is -1.06. The molecule has 0 bridgehead atoms. The van der Waals surface area contributed by atoms with Crippen molar-refractivity contribution in [2.24, 2.45) is 0 Å². The quantitative estimate of drug-likeness (QED) is 0.891. The van der Waals surface area contributed by atoms with E-state index in [9.17, 15) is 9.59 Å². The standard InChI is InChI=1S/C13H11ClN2O3/c14-10-3-1-8(2-4-10)5-11-15-7-9(6-12(17)18)13(19)16-11/h1-4,7H,5-6H2,(H,17,18)(H,15,16,19). The molecule has 0 atom stereocenters. The minimum Gasteiger partial charge on any atom is -0.481 e. The fourth-order valence-electron chi connectivity index (χ4n) is 1.63. The number of halogens is 1. The van der Waals surface area contributed by atoms with E-state index in [0.29, 0.717) is 17.3 Å². The Hall–Kier alpha value is -2.14. The number of aromatic amines is 1. The van der Waals surface area contributed by atoms with Crippen LogP contribution in [0.25, 0.3) is 0 Å². The highest BCUT2D eigenvalue weighted by molar-refractivity contribution is 6.30. The highest BCUT2D eigenvalue weighted by Crippen LogP contribution is 2.11. The average molecular weight is 279 g/mol. The monoisotopic (exact) mass is 278 g/mol. The second-order valence-electron chi connectivity index (χ2n) is 4.06. The van der Waals surface area contributed by atoms with E-state index in [1.807, 2.05) is 12.1 Å². The Kier molecular flexibility index (Phi) is 3.97. The summed E-state index contributed by atoms with van der Waals surface area (Å²) in [5.74, 6) is -0.570. The van der Waals surface area contributed by atoms with E-state index < -0.39 is 11.5 Å². The van der Waals surface area contributed by atoms with Gasteiger partial charge in [-0.2, -0.15) is 0 Å². The molecule has 5 nitrogen and oxygen atoms in total. The molecule has 0 aliphatic rings. The van der Waals surface area contributed by atoms with Gasteiger partial charge in [0.15, 0.2) is 0 Å². The van der Waals surface area contributed by atoms with Gasteiger partial charge in [-0.15, -0.1) is 0 Å². The van der Waals surface area contributed by atoms with E-state index in [1.54, 1.807) is 12.1 Å². The number of carbonyl (C=O) groups is 1. The number of aromatic nitrogens is 2. The Morgan fingerprint density at radius 2 is 2.00 bits per heavy atom. The zero-order valence-corrected chi connectivity index (χ0v) is 10.6. The van der Waals surface area contributed by atoms with Gasteiger partial charge in [-0.1, -0.05) is 23.7 Å². The molecule has 1 aromatic heterocycles. The zero-order valence-electron chi connectivity index (χ0n) is 9.89. The topological polar surface area (TPSA) is 83.0 Å². The summed E-state index contributed by atoms with van der Waals surface area (Å²) in [6.45, 7) is 0. The van der Waals surface area contributed by atoms with Crippen LogP contribution in [0.2, 0.25) is 5.02 Å². The van der Waals surface area contributed by atoms with Crippen molar-refractivity contribution in [1.29, 1.82) is 0 Å². The molecule has 2 aromatic rings. The lowest BCUT2D eigenvalue weighted by atomic mass is 10.1. The Morgan fingerprint density at radius 3 is 2.58 bits per heavy atom. The van der Waals surface area contributed by atoms with Crippen LogP contribution in [-0.2, 0) is 17.6 Å². The molecule has 0 radical (unpaired) electrons. The second-order valence-corrected chi connectivity index (χ2v) is 4.49. The van der Waals surface area contributed by atoms with Crippen molar-refractivity contribution in [3.63, 3.8) is 0 Å². The summed E-state index contributed by atoms with van der Waals surface area (Å²) >= 11 is 5.78. The fourth-order valence-corrected chi connectivity index (χ4v) is 1.76. The third-order valence-corrected chi connectivity index (χ3v) is 2.80. The molecule has 0 saturated carbocycles. The highest BCUT2D eigenvalue weighted by atomic mass is 35.5. The molecule has 19 heavy (non-hydrogen) atoms. The van der Waals surface area contributed by atoms with E-state index in [4.69, 9.17) is 16.7 Å². The lowest BCUT2D eigenvalue weighted by Crippen LogP contribution is -2.19. The summed E-state index contributed by atoms with van der Waals surface area (Å²) < 4.78 is 0. The molecule has 0 saturated heterocycles.